The summed E-state index contributed by atoms with van der Waals surface area (Å²) in [5.74, 6) is 0.572. The van der Waals surface area contributed by atoms with Crippen LogP contribution in [0.4, 0.5) is 0 Å². The van der Waals surface area contributed by atoms with E-state index in [9.17, 15) is 4.79 Å². The van der Waals surface area contributed by atoms with Crippen LogP contribution in [-0.2, 0) is 4.79 Å². The van der Waals surface area contributed by atoms with E-state index in [1.807, 2.05) is 12.1 Å². The number of thioether (sulfide) groups is 1. The lowest BCUT2D eigenvalue weighted by Crippen LogP contribution is -2.22. The van der Waals surface area contributed by atoms with Gasteiger partial charge in [-0.3, -0.25) is 9.69 Å². The Hall–Kier alpha value is -1.50. The monoisotopic (exact) mass is 347 g/mol. The van der Waals surface area contributed by atoms with Crippen LogP contribution in [0.15, 0.2) is 55.7 Å². The molecular formula is C16H13NO2S3. The number of thiocarbonyl (C=S) groups is 1. The van der Waals surface area contributed by atoms with Crippen molar-refractivity contribution in [3.8, 4) is 0 Å². The third kappa shape index (κ3) is 3.29. The summed E-state index contributed by atoms with van der Waals surface area (Å²) in [6.07, 6.45) is 1.74. The molecule has 1 amide bonds. The molecule has 0 bridgehead atoms. The van der Waals surface area contributed by atoms with Gasteiger partial charge in [-0.05, 0) is 31.2 Å². The van der Waals surface area contributed by atoms with Gasteiger partial charge in [0, 0.05) is 18.0 Å². The molecule has 0 unspecified atom stereocenters. The first-order valence-electron chi connectivity index (χ1n) is 6.59. The first-order chi connectivity index (χ1) is 10.5. The molecule has 0 atom stereocenters. The Kier molecular flexibility index (Phi) is 4.42. The number of hydrogen-bond acceptors (Lipinski definition) is 5. The van der Waals surface area contributed by atoms with Crippen LogP contribution >= 0.6 is 35.7 Å². The molecule has 112 valence electrons. The van der Waals surface area contributed by atoms with Gasteiger partial charge >= 0.3 is 0 Å². The number of likely N-dealkylation sites (N-methyl/N-ethyl adjacent to an activating group) is 1. The molecule has 6 heteroatoms. The topological polar surface area (TPSA) is 33.5 Å². The Bertz CT molecular complexity index is 762. The van der Waals surface area contributed by atoms with Crippen molar-refractivity contribution in [2.24, 2.45) is 0 Å². The number of rotatable bonds is 3. The Morgan fingerprint density at radius 2 is 1.95 bits per heavy atom. The van der Waals surface area contributed by atoms with E-state index in [-0.39, 0.29) is 5.91 Å². The standard InChI is InChI=1S/C16H13NO2S3/c1-10-3-6-12(7-4-10)21-14-8-5-11(19-14)9-13-15(18)17(2)16(20)22-13/h3-9H,1-2H3/b13-9+. The highest BCUT2D eigenvalue weighted by Crippen LogP contribution is 2.34. The number of amides is 1. The third-order valence-electron chi connectivity index (χ3n) is 3.10. The average molecular weight is 347 g/mol. The molecule has 1 aliphatic rings. The van der Waals surface area contributed by atoms with Crippen molar-refractivity contribution >= 4 is 52.0 Å². The van der Waals surface area contributed by atoms with Crippen LogP contribution in [0.25, 0.3) is 6.08 Å². The number of benzene rings is 1. The maximum Gasteiger partial charge on any atom is 0.266 e. The Morgan fingerprint density at radius 1 is 1.23 bits per heavy atom. The zero-order chi connectivity index (χ0) is 15.7. The molecule has 22 heavy (non-hydrogen) atoms. The van der Waals surface area contributed by atoms with Crippen LogP contribution < -0.4 is 0 Å². The second-order valence-corrected chi connectivity index (χ2v) is 7.57. The molecule has 1 saturated heterocycles. The summed E-state index contributed by atoms with van der Waals surface area (Å²) < 4.78 is 6.32. The van der Waals surface area contributed by atoms with Crippen molar-refractivity contribution in [2.45, 2.75) is 16.9 Å². The van der Waals surface area contributed by atoms with Crippen molar-refractivity contribution in [3.05, 3.63) is 52.6 Å². The average Bonchev–Trinajstić information content (AvgIpc) is 3.03. The number of hydrogen-bond donors (Lipinski definition) is 0. The van der Waals surface area contributed by atoms with Gasteiger partial charge in [0.25, 0.3) is 5.91 Å². The summed E-state index contributed by atoms with van der Waals surface area (Å²) in [5.41, 5.74) is 1.23. The highest BCUT2D eigenvalue weighted by Gasteiger charge is 2.28. The van der Waals surface area contributed by atoms with Crippen LogP contribution in [-0.4, -0.2) is 22.2 Å². The van der Waals surface area contributed by atoms with E-state index in [4.69, 9.17) is 16.6 Å². The molecule has 3 nitrogen and oxygen atoms in total. The predicted molar refractivity (Wildman–Crippen MR) is 94.9 cm³/mol. The van der Waals surface area contributed by atoms with E-state index in [1.165, 1.54) is 22.2 Å². The van der Waals surface area contributed by atoms with Crippen molar-refractivity contribution < 1.29 is 9.21 Å². The predicted octanol–water partition coefficient (Wildman–Crippen LogP) is 4.57. The van der Waals surface area contributed by atoms with Crippen LogP contribution in [0.3, 0.4) is 0 Å². The molecule has 2 heterocycles. The number of nitrogens with zero attached hydrogens (tertiary/aromatic N) is 1. The van der Waals surface area contributed by atoms with Crippen molar-refractivity contribution in [2.75, 3.05) is 7.05 Å². The van der Waals surface area contributed by atoms with Crippen LogP contribution in [0.2, 0.25) is 0 Å². The minimum absolute atomic E-state index is 0.0841. The maximum absolute atomic E-state index is 12.0. The smallest absolute Gasteiger partial charge is 0.266 e. The summed E-state index contributed by atoms with van der Waals surface area (Å²) in [5, 5.41) is 0.794. The zero-order valence-corrected chi connectivity index (χ0v) is 14.5. The Balaban J connectivity index is 1.75. The molecule has 3 rings (SSSR count). The largest absolute Gasteiger partial charge is 0.450 e. The van der Waals surface area contributed by atoms with E-state index < -0.39 is 0 Å². The van der Waals surface area contributed by atoms with Crippen molar-refractivity contribution in [1.29, 1.82) is 0 Å². The molecule has 0 radical (unpaired) electrons. The molecule has 1 aromatic carbocycles. The fourth-order valence-electron chi connectivity index (χ4n) is 1.86. The molecule has 0 saturated carbocycles. The van der Waals surface area contributed by atoms with E-state index in [0.717, 1.165) is 9.99 Å². The van der Waals surface area contributed by atoms with Gasteiger partial charge in [0.1, 0.15) is 10.1 Å². The molecule has 1 aliphatic heterocycles. The molecule has 0 N–H and O–H groups in total. The van der Waals surface area contributed by atoms with Crippen LogP contribution in [0.5, 0.6) is 0 Å². The normalized spacial score (nSPS) is 16.8. The zero-order valence-electron chi connectivity index (χ0n) is 12.0. The number of aryl methyl sites for hydroxylation is 1. The van der Waals surface area contributed by atoms with E-state index in [0.29, 0.717) is 15.0 Å². The van der Waals surface area contributed by atoms with Crippen LogP contribution in [0, 0.1) is 6.92 Å². The molecule has 1 aromatic heterocycles. The quantitative estimate of drug-likeness (QED) is 0.600. The van der Waals surface area contributed by atoms with E-state index in [2.05, 4.69) is 31.2 Å². The van der Waals surface area contributed by atoms with Gasteiger partial charge in [-0.15, -0.1) is 0 Å². The minimum Gasteiger partial charge on any atom is -0.450 e. The third-order valence-corrected chi connectivity index (χ3v) is 5.51. The van der Waals surface area contributed by atoms with Gasteiger partial charge in [0.2, 0.25) is 0 Å². The lowest BCUT2D eigenvalue weighted by molar-refractivity contribution is -0.121. The Labute approximate surface area is 142 Å². The Morgan fingerprint density at radius 3 is 2.59 bits per heavy atom. The van der Waals surface area contributed by atoms with E-state index in [1.54, 1.807) is 24.9 Å². The van der Waals surface area contributed by atoms with Gasteiger partial charge in [-0.25, -0.2) is 0 Å². The first-order valence-corrected chi connectivity index (χ1v) is 8.63. The first kappa shape index (κ1) is 15.4. The van der Waals surface area contributed by atoms with Crippen molar-refractivity contribution in [1.82, 2.24) is 4.90 Å². The maximum atomic E-state index is 12.0. The van der Waals surface area contributed by atoms with Gasteiger partial charge in [0.15, 0.2) is 5.09 Å². The molecule has 1 fully saturated rings. The lowest BCUT2D eigenvalue weighted by Gasteiger charge is -2.03. The minimum atomic E-state index is -0.0841. The van der Waals surface area contributed by atoms with Crippen LogP contribution in [0.1, 0.15) is 11.3 Å². The number of carbonyl (C=O) groups excluding carboxylic acids is 1. The molecule has 0 aliphatic carbocycles. The number of furan rings is 1. The van der Waals surface area contributed by atoms with E-state index >= 15 is 0 Å². The highest BCUT2D eigenvalue weighted by molar-refractivity contribution is 8.26. The second kappa shape index (κ2) is 6.32. The van der Waals surface area contributed by atoms with Gasteiger partial charge in [-0.2, -0.15) is 0 Å². The lowest BCUT2D eigenvalue weighted by atomic mass is 10.2. The molecule has 0 spiro atoms. The summed E-state index contributed by atoms with van der Waals surface area (Å²) in [6.45, 7) is 2.06. The second-order valence-electron chi connectivity index (χ2n) is 4.81. The summed E-state index contributed by atoms with van der Waals surface area (Å²) >= 11 is 7.95. The van der Waals surface area contributed by atoms with Gasteiger partial charge in [0.05, 0.1) is 4.91 Å². The molecule has 2 aromatic rings. The van der Waals surface area contributed by atoms with Gasteiger partial charge in [-0.1, -0.05) is 53.4 Å². The van der Waals surface area contributed by atoms with Crippen molar-refractivity contribution in [3.63, 3.8) is 0 Å². The number of carbonyl (C=O) groups is 1. The fraction of sp³-hybridized carbons (Fsp3) is 0.125. The summed E-state index contributed by atoms with van der Waals surface area (Å²) in [7, 11) is 1.68. The van der Waals surface area contributed by atoms with Gasteiger partial charge < -0.3 is 4.42 Å². The molecular weight excluding hydrogens is 334 g/mol. The summed E-state index contributed by atoms with van der Waals surface area (Å²) in [6, 6.07) is 12.0. The summed E-state index contributed by atoms with van der Waals surface area (Å²) in [4.78, 5) is 15.1. The SMILES string of the molecule is Cc1ccc(Sc2ccc(/C=C3/SC(=S)N(C)C3=O)o2)cc1. The fourth-order valence-corrected chi connectivity index (χ4v) is 3.80. The highest BCUT2D eigenvalue weighted by atomic mass is 32.2.